The van der Waals surface area contributed by atoms with Crippen LogP contribution in [0.25, 0.3) is 0 Å². The average molecular weight is 223 g/mol. The molecule has 0 aliphatic carbocycles. The lowest BCUT2D eigenvalue weighted by Gasteiger charge is -2.14. The Balaban J connectivity index is 2.06. The van der Waals surface area contributed by atoms with Crippen molar-refractivity contribution in [3.8, 4) is 0 Å². The zero-order valence-corrected chi connectivity index (χ0v) is 10.9. The van der Waals surface area contributed by atoms with E-state index < -0.39 is 0 Å². The van der Waals surface area contributed by atoms with Gasteiger partial charge in [-0.25, -0.2) is 4.98 Å². The molecule has 1 aromatic rings. The van der Waals surface area contributed by atoms with E-state index in [0.717, 1.165) is 18.9 Å². The van der Waals surface area contributed by atoms with Crippen molar-refractivity contribution >= 4 is 0 Å². The Morgan fingerprint density at radius 3 is 2.62 bits per heavy atom. The molecule has 1 N–H and O–H groups in total. The number of hydrogen-bond donors (Lipinski definition) is 1. The summed E-state index contributed by atoms with van der Waals surface area (Å²) in [5, 5.41) is 3.59. The minimum absolute atomic E-state index is 0.704. The lowest BCUT2D eigenvalue weighted by Crippen LogP contribution is -2.28. The summed E-state index contributed by atoms with van der Waals surface area (Å²) in [6.07, 6.45) is 8.87. The number of imidazole rings is 1. The van der Waals surface area contributed by atoms with Crippen LogP contribution in [0.1, 0.15) is 45.4 Å². The van der Waals surface area contributed by atoms with Gasteiger partial charge in [-0.1, -0.05) is 13.8 Å². The van der Waals surface area contributed by atoms with Crippen molar-refractivity contribution in [3.05, 3.63) is 18.2 Å². The van der Waals surface area contributed by atoms with Gasteiger partial charge in [-0.2, -0.15) is 0 Å². The average Bonchev–Trinajstić information content (AvgIpc) is 2.70. The largest absolute Gasteiger partial charge is 0.335 e. The zero-order valence-electron chi connectivity index (χ0n) is 10.9. The topological polar surface area (TPSA) is 29.9 Å². The van der Waals surface area contributed by atoms with Gasteiger partial charge in [0.15, 0.2) is 0 Å². The molecular formula is C13H25N3. The van der Waals surface area contributed by atoms with Gasteiger partial charge in [-0.15, -0.1) is 0 Å². The van der Waals surface area contributed by atoms with Crippen molar-refractivity contribution < 1.29 is 0 Å². The van der Waals surface area contributed by atoms with Crippen molar-refractivity contribution in [3.63, 3.8) is 0 Å². The van der Waals surface area contributed by atoms with E-state index in [1.807, 2.05) is 6.20 Å². The van der Waals surface area contributed by atoms with Crippen LogP contribution in [0.3, 0.4) is 0 Å². The maximum Gasteiger partial charge on any atom is 0.105 e. The third kappa shape index (κ3) is 4.35. The summed E-state index contributed by atoms with van der Waals surface area (Å²) in [5.41, 5.74) is 0. The second kappa shape index (κ2) is 7.44. The molecule has 0 spiro atoms. The highest BCUT2D eigenvalue weighted by molar-refractivity contribution is 4.87. The van der Waals surface area contributed by atoms with Crippen LogP contribution >= 0.6 is 0 Å². The second-order valence-electron chi connectivity index (χ2n) is 4.34. The molecule has 1 rings (SSSR count). The molecule has 16 heavy (non-hydrogen) atoms. The SMILES string of the molecule is CCC(CC)NCCCCn1ccnc1C. The molecule has 0 atom stereocenters. The summed E-state index contributed by atoms with van der Waals surface area (Å²) >= 11 is 0. The molecule has 0 radical (unpaired) electrons. The molecule has 0 unspecified atom stereocenters. The number of aromatic nitrogens is 2. The van der Waals surface area contributed by atoms with Gasteiger partial charge in [-0.05, 0) is 39.2 Å². The fourth-order valence-corrected chi connectivity index (χ4v) is 1.93. The van der Waals surface area contributed by atoms with Crippen LogP contribution in [-0.2, 0) is 6.54 Å². The van der Waals surface area contributed by atoms with Gasteiger partial charge in [0.1, 0.15) is 5.82 Å². The number of unbranched alkanes of at least 4 members (excludes halogenated alkanes) is 1. The number of aryl methyl sites for hydroxylation is 2. The summed E-state index contributed by atoms with van der Waals surface area (Å²) < 4.78 is 2.22. The number of nitrogens with one attached hydrogen (secondary N) is 1. The first-order valence-corrected chi connectivity index (χ1v) is 6.49. The predicted octanol–water partition coefficient (Wildman–Crippen LogP) is 2.75. The molecule has 0 saturated heterocycles. The predicted molar refractivity (Wildman–Crippen MR) is 68.6 cm³/mol. The minimum Gasteiger partial charge on any atom is -0.335 e. The lowest BCUT2D eigenvalue weighted by molar-refractivity contribution is 0.465. The van der Waals surface area contributed by atoms with E-state index in [0.29, 0.717) is 6.04 Å². The Morgan fingerprint density at radius 2 is 2.06 bits per heavy atom. The van der Waals surface area contributed by atoms with E-state index in [4.69, 9.17) is 0 Å². The number of rotatable bonds is 8. The van der Waals surface area contributed by atoms with Gasteiger partial charge in [0, 0.05) is 25.0 Å². The van der Waals surface area contributed by atoms with Gasteiger partial charge in [0.2, 0.25) is 0 Å². The molecule has 92 valence electrons. The molecule has 0 amide bonds. The first kappa shape index (κ1) is 13.2. The van der Waals surface area contributed by atoms with E-state index in [1.165, 1.54) is 25.7 Å². The highest BCUT2D eigenvalue weighted by atomic mass is 15.0. The van der Waals surface area contributed by atoms with Crippen molar-refractivity contribution in [2.75, 3.05) is 6.54 Å². The molecular weight excluding hydrogens is 198 g/mol. The molecule has 0 aliphatic heterocycles. The molecule has 1 heterocycles. The van der Waals surface area contributed by atoms with Crippen LogP contribution in [0.2, 0.25) is 0 Å². The molecule has 3 heteroatoms. The van der Waals surface area contributed by atoms with Gasteiger partial charge in [0.05, 0.1) is 0 Å². The Morgan fingerprint density at radius 1 is 1.31 bits per heavy atom. The van der Waals surface area contributed by atoms with E-state index in [2.05, 4.69) is 41.8 Å². The zero-order chi connectivity index (χ0) is 11.8. The fraction of sp³-hybridized carbons (Fsp3) is 0.769. The quantitative estimate of drug-likeness (QED) is 0.687. The van der Waals surface area contributed by atoms with Gasteiger partial charge in [0.25, 0.3) is 0 Å². The molecule has 0 aromatic carbocycles. The smallest absolute Gasteiger partial charge is 0.105 e. The normalized spacial score (nSPS) is 11.2. The van der Waals surface area contributed by atoms with Crippen molar-refractivity contribution in [1.29, 1.82) is 0 Å². The maximum absolute atomic E-state index is 4.22. The van der Waals surface area contributed by atoms with Crippen LogP contribution in [0, 0.1) is 6.92 Å². The van der Waals surface area contributed by atoms with Crippen molar-refractivity contribution in [1.82, 2.24) is 14.9 Å². The number of hydrogen-bond acceptors (Lipinski definition) is 2. The molecule has 0 fully saturated rings. The van der Waals surface area contributed by atoms with Gasteiger partial charge >= 0.3 is 0 Å². The third-order valence-corrected chi connectivity index (χ3v) is 3.17. The van der Waals surface area contributed by atoms with Gasteiger partial charge in [-0.3, -0.25) is 0 Å². The van der Waals surface area contributed by atoms with E-state index in [1.54, 1.807) is 0 Å². The highest BCUT2D eigenvalue weighted by Crippen LogP contribution is 2.00. The molecule has 0 aliphatic rings. The van der Waals surface area contributed by atoms with Crippen LogP contribution in [-0.4, -0.2) is 22.1 Å². The molecule has 0 saturated carbocycles. The Bertz CT molecular complexity index is 276. The van der Waals surface area contributed by atoms with Crippen LogP contribution < -0.4 is 5.32 Å². The first-order chi connectivity index (χ1) is 7.77. The van der Waals surface area contributed by atoms with E-state index in [9.17, 15) is 0 Å². The maximum atomic E-state index is 4.22. The highest BCUT2D eigenvalue weighted by Gasteiger charge is 2.01. The number of nitrogens with zero attached hydrogens (tertiary/aromatic N) is 2. The second-order valence-corrected chi connectivity index (χ2v) is 4.34. The molecule has 1 aromatic heterocycles. The van der Waals surface area contributed by atoms with E-state index >= 15 is 0 Å². The van der Waals surface area contributed by atoms with Crippen molar-refractivity contribution in [2.24, 2.45) is 0 Å². The Labute approximate surface area is 99.3 Å². The van der Waals surface area contributed by atoms with Crippen LogP contribution in [0.15, 0.2) is 12.4 Å². The summed E-state index contributed by atoms with van der Waals surface area (Å²) in [7, 11) is 0. The van der Waals surface area contributed by atoms with Crippen molar-refractivity contribution in [2.45, 2.75) is 59.0 Å². The van der Waals surface area contributed by atoms with Gasteiger partial charge < -0.3 is 9.88 Å². The minimum atomic E-state index is 0.704. The van der Waals surface area contributed by atoms with Crippen LogP contribution in [0.4, 0.5) is 0 Å². The summed E-state index contributed by atoms with van der Waals surface area (Å²) in [6.45, 7) is 8.78. The third-order valence-electron chi connectivity index (χ3n) is 3.17. The summed E-state index contributed by atoms with van der Waals surface area (Å²) in [6, 6.07) is 0.704. The monoisotopic (exact) mass is 223 g/mol. The Kier molecular flexibility index (Phi) is 6.16. The van der Waals surface area contributed by atoms with Crippen LogP contribution in [0.5, 0.6) is 0 Å². The molecule has 3 nitrogen and oxygen atoms in total. The first-order valence-electron chi connectivity index (χ1n) is 6.49. The summed E-state index contributed by atoms with van der Waals surface area (Å²) in [5.74, 6) is 1.12. The van der Waals surface area contributed by atoms with E-state index in [-0.39, 0.29) is 0 Å². The molecule has 0 bridgehead atoms. The fourth-order valence-electron chi connectivity index (χ4n) is 1.93. The lowest BCUT2D eigenvalue weighted by atomic mass is 10.1. The summed E-state index contributed by atoms with van der Waals surface area (Å²) in [4.78, 5) is 4.22. The standard InChI is InChI=1S/C13H25N3/c1-4-13(5-2)15-8-6-7-10-16-11-9-14-12(16)3/h9,11,13,15H,4-8,10H2,1-3H3. The Hall–Kier alpha value is -0.830.